The summed E-state index contributed by atoms with van der Waals surface area (Å²) in [5.74, 6) is 0.543. The summed E-state index contributed by atoms with van der Waals surface area (Å²) in [5, 5.41) is 11.2. The van der Waals surface area contributed by atoms with Gasteiger partial charge in [0, 0.05) is 17.0 Å². The first kappa shape index (κ1) is 13.0. The summed E-state index contributed by atoms with van der Waals surface area (Å²) in [7, 11) is 0. The van der Waals surface area contributed by atoms with Crippen LogP contribution < -0.4 is 5.32 Å². The number of benzene rings is 1. The number of nitrogens with one attached hydrogen (secondary N) is 1. The highest BCUT2D eigenvalue weighted by Crippen LogP contribution is 2.25. The molecule has 0 spiro atoms. The van der Waals surface area contributed by atoms with E-state index in [-0.39, 0.29) is 0 Å². The summed E-state index contributed by atoms with van der Waals surface area (Å²) in [4.78, 5) is 19.6. The number of aryl methyl sites for hydroxylation is 2. The van der Waals surface area contributed by atoms with E-state index in [1.165, 1.54) is 0 Å². The maximum absolute atomic E-state index is 10.8. The molecule has 1 amide bonds. The number of anilines is 1. The van der Waals surface area contributed by atoms with Gasteiger partial charge >= 0.3 is 6.09 Å². The molecule has 1 heterocycles. The Balaban J connectivity index is 2.52. The molecule has 1 aromatic heterocycles. The predicted molar refractivity (Wildman–Crippen MR) is 73.2 cm³/mol. The zero-order chi connectivity index (χ0) is 13.8. The zero-order valence-electron chi connectivity index (χ0n) is 10.8. The van der Waals surface area contributed by atoms with Gasteiger partial charge in [0.1, 0.15) is 0 Å². The quantitative estimate of drug-likeness (QED) is 0.885. The Morgan fingerprint density at radius 3 is 2.74 bits per heavy atom. The lowest BCUT2D eigenvalue weighted by Crippen LogP contribution is -2.09. The van der Waals surface area contributed by atoms with Gasteiger partial charge in [0.15, 0.2) is 5.82 Å². The van der Waals surface area contributed by atoms with Gasteiger partial charge in [-0.2, -0.15) is 0 Å². The average molecular weight is 257 g/mol. The first-order valence-electron chi connectivity index (χ1n) is 6.04. The Morgan fingerprint density at radius 1 is 1.32 bits per heavy atom. The van der Waals surface area contributed by atoms with Gasteiger partial charge in [-0.15, -0.1) is 0 Å². The van der Waals surface area contributed by atoms with Crippen molar-refractivity contribution < 1.29 is 9.90 Å². The van der Waals surface area contributed by atoms with Crippen molar-refractivity contribution in [3.05, 3.63) is 41.7 Å². The van der Waals surface area contributed by atoms with Gasteiger partial charge in [0.25, 0.3) is 0 Å². The number of hydrogen-bond acceptors (Lipinski definition) is 3. The third kappa shape index (κ3) is 3.07. The van der Waals surface area contributed by atoms with Crippen LogP contribution in [0.2, 0.25) is 0 Å². The maximum atomic E-state index is 10.8. The second-order valence-corrected chi connectivity index (χ2v) is 4.15. The highest BCUT2D eigenvalue weighted by atomic mass is 16.4. The van der Waals surface area contributed by atoms with Crippen LogP contribution in [0.3, 0.4) is 0 Å². The summed E-state index contributed by atoms with van der Waals surface area (Å²) in [5.41, 5.74) is 2.98. The molecule has 0 radical (unpaired) electrons. The fourth-order valence-corrected chi connectivity index (χ4v) is 1.84. The first-order valence-corrected chi connectivity index (χ1v) is 6.04. The van der Waals surface area contributed by atoms with Crippen LogP contribution in [0.25, 0.3) is 11.4 Å². The van der Waals surface area contributed by atoms with Gasteiger partial charge in [-0.25, -0.2) is 14.8 Å². The second kappa shape index (κ2) is 5.48. The minimum absolute atomic E-state index is 0.489. The fraction of sp³-hybridized carbons (Fsp3) is 0.214. The Kier molecular flexibility index (Phi) is 3.75. The van der Waals surface area contributed by atoms with E-state index in [0.717, 1.165) is 17.8 Å². The Morgan fingerprint density at radius 2 is 2.05 bits per heavy atom. The summed E-state index contributed by atoms with van der Waals surface area (Å²) in [6.07, 6.45) is -0.291. The van der Waals surface area contributed by atoms with Crippen LogP contribution in [0.1, 0.15) is 18.3 Å². The van der Waals surface area contributed by atoms with Gasteiger partial charge in [-0.3, -0.25) is 5.32 Å². The number of aromatic nitrogens is 2. The molecule has 1 aromatic carbocycles. The minimum atomic E-state index is -1.10. The van der Waals surface area contributed by atoms with E-state index in [1.54, 1.807) is 18.2 Å². The van der Waals surface area contributed by atoms with Crippen molar-refractivity contribution in [2.75, 3.05) is 5.32 Å². The molecule has 5 heteroatoms. The number of para-hydroxylation sites is 1. The summed E-state index contributed by atoms with van der Waals surface area (Å²) < 4.78 is 0. The first-order chi connectivity index (χ1) is 9.10. The van der Waals surface area contributed by atoms with E-state index < -0.39 is 6.09 Å². The fourth-order valence-electron chi connectivity index (χ4n) is 1.84. The molecule has 0 saturated carbocycles. The Labute approximate surface area is 111 Å². The molecule has 0 atom stereocenters. The average Bonchev–Trinajstić information content (AvgIpc) is 2.38. The molecule has 0 aliphatic carbocycles. The van der Waals surface area contributed by atoms with Gasteiger partial charge in [-0.05, 0) is 31.5 Å². The van der Waals surface area contributed by atoms with Crippen molar-refractivity contribution in [2.45, 2.75) is 20.3 Å². The largest absolute Gasteiger partial charge is 0.465 e. The molecular weight excluding hydrogens is 242 g/mol. The number of amides is 1. The number of hydrogen-bond donors (Lipinski definition) is 2. The van der Waals surface area contributed by atoms with Crippen LogP contribution in [-0.4, -0.2) is 21.2 Å². The minimum Gasteiger partial charge on any atom is -0.465 e. The van der Waals surface area contributed by atoms with Gasteiger partial charge in [0.05, 0.1) is 5.69 Å². The molecule has 2 N–H and O–H groups in total. The van der Waals surface area contributed by atoms with Crippen molar-refractivity contribution in [3.8, 4) is 11.4 Å². The van der Waals surface area contributed by atoms with Gasteiger partial charge in [0.2, 0.25) is 0 Å². The smallest absolute Gasteiger partial charge is 0.409 e. The molecule has 19 heavy (non-hydrogen) atoms. The second-order valence-electron chi connectivity index (χ2n) is 4.15. The highest BCUT2D eigenvalue weighted by Gasteiger charge is 2.10. The van der Waals surface area contributed by atoms with Crippen LogP contribution in [0.15, 0.2) is 30.3 Å². The standard InChI is InChI=1S/C14H15N3O2/c1-3-10-8-9(2)15-13(16-10)11-6-4-5-7-12(11)17-14(18)19/h4-8,17H,3H2,1-2H3,(H,18,19). The van der Waals surface area contributed by atoms with Gasteiger partial charge in [-0.1, -0.05) is 19.1 Å². The molecule has 0 bridgehead atoms. The van der Waals surface area contributed by atoms with E-state index in [9.17, 15) is 4.79 Å². The van der Waals surface area contributed by atoms with Crippen LogP contribution in [0.4, 0.5) is 10.5 Å². The predicted octanol–water partition coefficient (Wildman–Crippen LogP) is 3.10. The molecule has 0 aliphatic rings. The Bertz CT molecular complexity index is 611. The lowest BCUT2D eigenvalue weighted by atomic mass is 10.1. The van der Waals surface area contributed by atoms with Crippen molar-refractivity contribution in [1.29, 1.82) is 0 Å². The molecule has 0 saturated heterocycles. The van der Waals surface area contributed by atoms with Crippen molar-refractivity contribution >= 4 is 11.8 Å². The van der Waals surface area contributed by atoms with Crippen molar-refractivity contribution in [2.24, 2.45) is 0 Å². The van der Waals surface area contributed by atoms with Gasteiger partial charge < -0.3 is 5.11 Å². The third-order valence-corrected chi connectivity index (χ3v) is 2.68. The SMILES string of the molecule is CCc1cc(C)nc(-c2ccccc2NC(=O)O)n1. The van der Waals surface area contributed by atoms with Crippen LogP contribution in [-0.2, 0) is 6.42 Å². The molecule has 0 aliphatic heterocycles. The third-order valence-electron chi connectivity index (χ3n) is 2.68. The molecule has 5 nitrogen and oxygen atoms in total. The highest BCUT2D eigenvalue weighted by molar-refractivity contribution is 5.89. The summed E-state index contributed by atoms with van der Waals surface area (Å²) >= 11 is 0. The number of rotatable bonds is 3. The molecule has 2 rings (SSSR count). The molecule has 0 unspecified atom stereocenters. The van der Waals surface area contributed by atoms with E-state index in [4.69, 9.17) is 5.11 Å². The number of carbonyl (C=O) groups is 1. The maximum Gasteiger partial charge on any atom is 0.409 e. The summed E-state index contributed by atoms with van der Waals surface area (Å²) in [6, 6.07) is 9.03. The normalized spacial score (nSPS) is 10.2. The monoisotopic (exact) mass is 257 g/mol. The van der Waals surface area contributed by atoms with E-state index in [1.807, 2.05) is 26.0 Å². The zero-order valence-corrected chi connectivity index (χ0v) is 10.8. The lowest BCUT2D eigenvalue weighted by Gasteiger charge is -2.09. The molecule has 98 valence electrons. The van der Waals surface area contributed by atoms with Crippen LogP contribution in [0.5, 0.6) is 0 Å². The van der Waals surface area contributed by atoms with Crippen molar-refractivity contribution in [1.82, 2.24) is 9.97 Å². The topological polar surface area (TPSA) is 75.1 Å². The van der Waals surface area contributed by atoms with Crippen LogP contribution in [0, 0.1) is 6.92 Å². The van der Waals surface area contributed by atoms with Crippen LogP contribution >= 0.6 is 0 Å². The molecule has 0 fully saturated rings. The number of nitrogens with zero attached hydrogens (tertiary/aromatic N) is 2. The molecular formula is C14H15N3O2. The van der Waals surface area contributed by atoms with E-state index in [2.05, 4.69) is 15.3 Å². The van der Waals surface area contributed by atoms with Crippen molar-refractivity contribution in [3.63, 3.8) is 0 Å². The van der Waals surface area contributed by atoms with E-state index in [0.29, 0.717) is 17.1 Å². The molecule has 2 aromatic rings. The number of carboxylic acid groups (broad SMARTS) is 1. The summed E-state index contributed by atoms with van der Waals surface area (Å²) in [6.45, 7) is 3.92. The Hall–Kier alpha value is -2.43. The lowest BCUT2D eigenvalue weighted by molar-refractivity contribution is 0.210. The van der Waals surface area contributed by atoms with E-state index >= 15 is 0 Å².